The van der Waals surface area contributed by atoms with Gasteiger partial charge >= 0.3 is 0 Å². The molecule has 1 aliphatic heterocycles. The minimum Gasteiger partial charge on any atom is -0.298 e. The highest BCUT2D eigenvalue weighted by molar-refractivity contribution is 8.18. The van der Waals surface area contributed by atoms with Crippen LogP contribution in [0.4, 0.5) is 9.93 Å². The van der Waals surface area contributed by atoms with Gasteiger partial charge in [0.15, 0.2) is 5.13 Å². The number of hydrogen-bond acceptors (Lipinski definition) is 6. The van der Waals surface area contributed by atoms with Crippen LogP contribution in [0.2, 0.25) is 0 Å². The van der Waals surface area contributed by atoms with Crippen LogP contribution in [0.3, 0.4) is 0 Å². The molecule has 0 aliphatic carbocycles. The molecule has 0 bridgehead atoms. The Morgan fingerprint density at radius 3 is 2.59 bits per heavy atom. The van der Waals surface area contributed by atoms with Gasteiger partial charge in [0.2, 0.25) is 0 Å². The van der Waals surface area contributed by atoms with E-state index in [0.717, 1.165) is 17.3 Å². The van der Waals surface area contributed by atoms with Crippen LogP contribution in [0.25, 0.3) is 6.08 Å². The zero-order valence-electron chi connectivity index (χ0n) is 11.0. The Morgan fingerprint density at radius 1 is 1.23 bits per heavy atom. The average Bonchev–Trinajstić information content (AvgIpc) is 3.10. The fourth-order valence-corrected chi connectivity index (χ4v) is 2.96. The van der Waals surface area contributed by atoms with Gasteiger partial charge < -0.3 is 0 Å². The van der Waals surface area contributed by atoms with E-state index in [1.165, 1.54) is 11.3 Å². The smallest absolute Gasteiger partial charge is 0.290 e. The first-order valence-electron chi connectivity index (χ1n) is 6.17. The van der Waals surface area contributed by atoms with E-state index in [4.69, 9.17) is 0 Å². The first kappa shape index (κ1) is 14.5. The minimum absolute atomic E-state index is 0.252. The number of rotatable bonds is 3. The molecule has 0 atom stereocenters. The summed E-state index contributed by atoms with van der Waals surface area (Å²) in [5.74, 6) is -0.655. The predicted molar refractivity (Wildman–Crippen MR) is 85.6 cm³/mol. The fraction of sp³-hybridized carbons (Fsp3) is 0. The van der Waals surface area contributed by atoms with Crippen molar-refractivity contribution in [3.8, 4) is 0 Å². The van der Waals surface area contributed by atoms with Crippen LogP contribution in [-0.2, 0) is 4.79 Å². The number of carbonyl (C=O) groups is 3. The van der Waals surface area contributed by atoms with Crippen molar-refractivity contribution in [2.45, 2.75) is 0 Å². The summed E-state index contributed by atoms with van der Waals surface area (Å²) in [4.78, 5) is 38.8. The Morgan fingerprint density at radius 2 is 2.00 bits per heavy atom. The molecule has 0 unspecified atom stereocenters. The molecule has 2 N–H and O–H groups in total. The van der Waals surface area contributed by atoms with E-state index in [1.807, 2.05) is 0 Å². The molecule has 3 rings (SSSR count). The number of nitrogens with zero attached hydrogens (tertiary/aromatic N) is 1. The molecule has 2 aromatic rings. The van der Waals surface area contributed by atoms with Crippen molar-refractivity contribution in [1.82, 2.24) is 10.3 Å². The van der Waals surface area contributed by atoms with Crippen LogP contribution in [0, 0.1) is 0 Å². The van der Waals surface area contributed by atoms with Gasteiger partial charge in [0.1, 0.15) is 0 Å². The zero-order valence-corrected chi connectivity index (χ0v) is 12.7. The maximum Gasteiger partial charge on any atom is 0.290 e. The van der Waals surface area contributed by atoms with Gasteiger partial charge in [0, 0.05) is 17.1 Å². The number of nitrogens with one attached hydrogen (secondary N) is 2. The molecule has 1 fully saturated rings. The third kappa shape index (κ3) is 3.23. The van der Waals surface area contributed by atoms with Crippen molar-refractivity contribution in [1.29, 1.82) is 0 Å². The standard InChI is InChI=1S/C14H9N3O3S2/c18-11(16-13-15-5-6-21-13)9-3-1-8(2-4-9)7-10-12(19)17-14(20)22-10/h1-7H,(H,15,16,18)(H,17,19,20). The zero-order chi connectivity index (χ0) is 15.5. The highest BCUT2D eigenvalue weighted by Gasteiger charge is 2.24. The Bertz CT molecular complexity index is 767. The molecular weight excluding hydrogens is 322 g/mol. The Hall–Kier alpha value is -2.45. The Kier molecular flexibility index (Phi) is 4.03. The molecule has 3 amide bonds. The number of carbonyl (C=O) groups excluding carboxylic acids is 3. The lowest BCUT2D eigenvalue weighted by Gasteiger charge is -2.02. The summed E-state index contributed by atoms with van der Waals surface area (Å²) in [5, 5.41) is 6.80. The minimum atomic E-state index is -0.402. The van der Waals surface area contributed by atoms with Gasteiger partial charge in [-0.1, -0.05) is 12.1 Å². The highest BCUT2D eigenvalue weighted by Crippen LogP contribution is 2.25. The van der Waals surface area contributed by atoms with Crippen LogP contribution < -0.4 is 10.6 Å². The largest absolute Gasteiger partial charge is 0.298 e. The van der Waals surface area contributed by atoms with Crippen LogP contribution in [0.15, 0.2) is 40.7 Å². The number of imide groups is 1. The average molecular weight is 331 g/mol. The molecule has 8 heteroatoms. The van der Waals surface area contributed by atoms with Crippen LogP contribution in [0.1, 0.15) is 15.9 Å². The van der Waals surface area contributed by atoms with Crippen LogP contribution in [0.5, 0.6) is 0 Å². The molecule has 22 heavy (non-hydrogen) atoms. The number of amides is 3. The van der Waals surface area contributed by atoms with E-state index in [1.54, 1.807) is 41.9 Å². The Balaban J connectivity index is 1.73. The molecule has 110 valence electrons. The van der Waals surface area contributed by atoms with Gasteiger partial charge in [-0.15, -0.1) is 11.3 Å². The molecule has 1 aromatic carbocycles. The summed E-state index contributed by atoms with van der Waals surface area (Å²) >= 11 is 2.20. The molecule has 2 heterocycles. The van der Waals surface area contributed by atoms with Crippen LogP contribution >= 0.6 is 23.1 Å². The molecule has 0 radical (unpaired) electrons. The number of aromatic nitrogens is 1. The fourth-order valence-electron chi connectivity index (χ4n) is 1.76. The molecule has 1 saturated heterocycles. The van der Waals surface area contributed by atoms with Crippen molar-refractivity contribution in [3.05, 3.63) is 51.9 Å². The third-order valence-corrected chi connectivity index (χ3v) is 4.26. The summed E-state index contributed by atoms with van der Waals surface area (Å²) in [6.07, 6.45) is 3.22. The Labute approximate surface area is 133 Å². The lowest BCUT2D eigenvalue weighted by molar-refractivity contribution is -0.115. The van der Waals surface area contributed by atoms with E-state index >= 15 is 0 Å². The second-order valence-corrected chi connectivity index (χ2v) is 6.17. The quantitative estimate of drug-likeness (QED) is 0.844. The number of anilines is 1. The lowest BCUT2D eigenvalue weighted by Crippen LogP contribution is -2.17. The topological polar surface area (TPSA) is 88.2 Å². The molecule has 6 nitrogen and oxygen atoms in total. The first-order valence-corrected chi connectivity index (χ1v) is 7.87. The van der Waals surface area contributed by atoms with Gasteiger partial charge in [0.25, 0.3) is 17.1 Å². The summed E-state index contributed by atoms with van der Waals surface area (Å²) in [6, 6.07) is 6.71. The molecule has 1 aromatic heterocycles. The van der Waals surface area contributed by atoms with E-state index in [-0.39, 0.29) is 11.1 Å². The van der Waals surface area contributed by atoms with E-state index in [2.05, 4.69) is 15.6 Å². The second kappa shape index (κ2) is 6.12. The SMILES string of the molecule is O=C1NC(=O)C(=Cc2ccc(C(=O)Nc3nccs3)cc2)S1. The van der Waals surface area contributed by atoms with Gasteiger partial charge in [-0.25, -0.2) is 4.98 Å². The van der Waals surface area contributed by atoms with E-state index in [0.29, 0.717) is 15.6 Å². The molecule has 0 saturated carbocycles. The number of hydrogen-bond donors (Lipinski definition) is 2. The van der Waals surface area contributed by atoms with E-state index in [9.17, 15) is 14.4 Å². The molecular formula is C14H9N3O3S2. The number of thiazole rings is 1. The number of thioether (sulfide) groups is 1. The van der Waals surface area contributed by atoms with Crippen LogP contribution in [-0.4, -0.2) is 22.0 Å². The van der Waals surface area contributed by atoms with Gasteiger partial charge in [-0.3, -0.25) is 25.0 Å². The van der Waals surface area contributed by atoms with Gasteiger partial charge in [0.05, 0.1) is 4.91 Å². The summed E-state index contributed by atoms with van der Waals surface area (Å²) < 4.78 is 0. The van der Waals surface area contributed by atoms with Crippen molar-refractivity contribution < 1.29 is 14.4 Å². The van der Waals surface area contributed by atoms with Crippen molar-refractivity contribution in [3.63, 3.8) is 0 Å². The maximum absolute atomic E-state index is 12.0. The van der Waals surface area contributed by atoms with Crippen molar-refractivity contribution >= 4 is 51.4 Å². The van der Waals surface area contributed by atoms with Gasteiger partial charge in [-0.05, 0) is 35.5 Å². The monoisotopic (exact) mass is 331 g/mol. The third-order valence-electron chi connectivity index (χ3n) is 2.77. The van der Waals surface area contributed by atoms with Crippen molar-refractivity contribution in [2.24, 2.45) is 0 Å². The normalized spacial score (nSPS) is 15.9. The summed E-state index contributed by atoms with van der Waals surface area (Å²) in [6.45, 7) is 0. The molecule has 0 spiro atoms. The number of benzene rings is 1. The lowest BCUT2D eigenvalue weighted by atomic mass is 10.1. The first-order chi connectivity index (χ1) is 10.6. The summed E-state index contributed by atoms with van der Waals surface area (Å²) in [5.41, 5.74) is 1.22. The highest BCUT2D eigenvalue weighted by atomic mass is 32.2. The van der Waals surface area contributed by atoms with Gasteiger partial charge in [-0.2, -0.15) is 0 Å². The maximum atomic E-state index is 12.0. The molecule has 1 aliphatic rings. The van der Waals surface area contributed by atoms with E-state index < -0.39 is 5.91 Å². The van der Waals surface area contributed by atoms with Crippen molar-refractivity contribution in [2.75, 3.05) is 5.32 Å². The second-order valence-electron chi connectivity index (χ2n) is 4.27. The summed E-state index contributed by atoms with van der Waals surface area (Å²) in [7, 11) is 0. The predicted octanol–water partition coefficient (Wildman–Crippen LogP) is 2.72.